The third kappa shape index (κ3) is 2.86. The number of benzene rings is 2. The first-order valence-electron chi connectivity index (χ1n) is 9.47. The number of hydrogen-bond acceptors (Lipinski definition) is 3. The van der Waals surface area contributed by atoms with Gasteiger partial charge in [-0.1, -0.05) is 32.0 Å². The lowest BCUT2D eigenvalue weighted by Gasteiger charge is -2.22. The maximum atomic E-state index is 10.4. The zero-order valence-corrected chi connectivity index (χ0v) is 16.0. The number of aliphatic imine (C=N–C) groups is 1. The van der Waals surface area contributed by atoms with Crippen LogP contribution in [0.1, 0.15) is 48.4 Å². The van der Waals surface area contributed by atoms with E-state index in [1.807, 2.05) is 13.0 Å². The number of aryl methyl sites for hydroxylation is 1. The van der Waals surface area contributed by atoms with Crippen LogP contribution in [0.5, 0.6) is 5.75 Å². The Bertz CT molecular complexity index is 1030. The molecule has 26 heavy (non-hydrogen) atoms. The zero-order chi connectivity index (χ0) is 18.4. The minimum Gasteiger partial charge on any atom is -0.508 e. The second-order valence-corrected chi connectivity index (χ2v) is 7.86. The predicted molar refractivity (Wildman–Crippen MR) is 107 cm³/mol. The Morgan fingerprint density at radius 2 is 1.96 bits per heavy atom. The van der Waals surface area contributed by atoms with Crippen molar-refractivity contribution in [1.29, 1.82) is 0 Å². The van der Waals surface area contributed by atoms with Gasteiger partial charge in [-0.3, -0.25) is 9.98 Å². The van der Waals surface area contributed by atoms with Crippen molar-refractivity contribution in [2.45, 2.75) is 52.5 Å². The maximum absolute atomic E-state index is 10.4. The van der Waals surface area contributed by atoms with Crippen LogP contribution in [-0.2, 0) is 6.42 Å². The highest BCUT2D eigenvalue weighted by Crippen LogP contribution is 2.29. The Hall–Kier alpha value is -2.42. The van der Waals surface area contributed by atoms with Gasteiger partial charge in [-0.2, -0.15) is 0 Å². The molecule has 1 N–H and O–H groups in total. The van der Waals surface area contributed by atoms with Gasteiger partial charge in [0.15, 0.2) is 0 Å². The van der Waals surface area contributed by atoms with Crippen LogP contribution in [0.4, 0.5) is 0 Å². The zero-order valence-electron chi connectivity index (χ0n) is 16.0. The molecular formula is C23H26N2O. The Morgan fingerprint density at radius 1 is 1.15 bits per heavy atom. The van der Waals surface area contributed by atoms with Gasteiger partial charge in [0, 0.05) is 23.9 Å². The number of aromatic hydroxyl groups is 1. The van der Waals surface area contributed by atoms with E-state index < -0.39 is 0 Å². The lowest BCUT2D eigenvalue weighted by atomic mass is 9.89. The van der Waals surface area contributed by atoms with Crippen molar-refractivity contribution in [3.63, 3.8) is 0 Å². The first-order valence-corrected chi connectivity index (χ1v) is 9.47. The van der Waals surface area contributed by atoms with Crippen LogP contribution in [-0.4, -0.2) is 23.4 Å². The Morgan fingerprint density at radius 3 is 2.73 bits per heavy atom. The monoisotopic (exact) mass is 346 g/mol. The van der Waals surface area contributed by atoms with E-state index in [0.717, 1.165) is 41.6 Å². The Balaban J connectivity index is 1.74. The fourth-order valence-electron chi connectivity index (χ4n) is 3.98. The van der Waals surface area contributed by atoms with Gasteiger partial charge in [0.25, 0.3) is 0 Å². The van der Waals surface area contributed by atoms with Gasteiger partial charge in [-0.05, 0) is 66.1 Å². The lowest BCUT2D eigenvalue weighted by molar-refractivity contribution is 0.469. The number of nitrogens with zero attached hydrogens (tertiary/aromatic N) is 2. The summed E-state index contributed by atoms with van der Waals surface area (Å²) in [5.41, 5.74) is 7.07. The maximum Gasteiger partial charge on any atom is 0.119 e. The fraction of sp³-hybridized carbons (Fsp3) is 0.391. The smallest absolute Gasteiger partial charge is 0.119 e. The highest BCUT2D eigenvalue weighted by molar-refractivity contribution is 6.01. The molecule has 0 aromatic heterocycles. The standard InChI is InChI=1S/C23H26N2O/c1-13(2)16-10-17(15(4)22(26)12-16)11-21-23-19(7-8-24-21)18-6-5-14(3)9-20(18)25-23/h5-6,9-10,12-13,23,26H,7-8,11H2,1-4H3. The molecule has 0 saturated carbocycles. The van der Waals surface area contributed by atoms with E-state index in [1.165, 1.54) is 21.9 Å². The second kappa shape index (κ2) is 6.39. The van der Waals surface area contributed by atoms with E-state index in [9.17, 15) is 5.11 Å². The van der Waals surface area contributed by atoms with Crippen LogP contribution in [0, 0.1) is 13.8 Å². The molecule has 2 aromatic rings. The molecule has 0 fully saturated rings. The van der Waals surface area contributed by atoms with Crippen LogP contribution >= 0.6 is 0 Å². The summed E-state index contributed by atoms with van der Waals surface area (Å²) in [6.07, 6.45) is 1.74. The molecule has 1 atom stereocenters. The molecule has 2 aliphatic rings. The van der Waals surface area contributed by atoms with E-state index in [1.54, 1.807) is 0 Å². The summed E-state index contributed by atoms with van der Waals surface area (Å²) in [5, 5.41) is 12.8. The van der Waals surface area contributed by atoms with Gasteiger partial charge < -0.3 is 5.11 Å². The van der Waals surface area contributed by atoms with Crippen molar-refractivity contribution in [3.8, 4) is 5.75 Å². The molecule has 1 unspecified atom stereocenters. The largest absolute Gasteiger partial charge is 0.508 e. The van der Waals surface area contributed by atoms with Gasteiger partial charge in [0.05, 0.1) is 5.36 Å². The van der Waals surface area contributed by atoms with Crippen LogP contribution in [0.3, 0.4) is 0 Å². The molecule has 0 radical (unpaired) electrons. The summed E-state index contributed by atoms with van der Waals surface area (Å²) in [7, 11) is 0. The van der Waals surface area contributed by atoms with E-state index >= 15 is 0 Å². The average Bonchev–Trinajstić information content (AvgIpc) is 2.97. The molecule has 2 heterocycles. The summed E-state index contributed by atoms with van der Waals surface area (Å²) < 4.78 is 0. The van der Waals surface area contributed by atoms with Crippen molar-refractivity contribution in [3.05, 3.63) is 63.2 Å². The van der Waals surface area contributed by atoms with Gasteiger partial charge in [0.2, 0.25) is 0 Å². The van der Waals surface area contributed by atoms with Crippen molar-refractivity contribution < 1.29 is 5.11 Å². The van der Waals surface area contributed by atoms with Gasteiger partial charge >= 0.3 is 0 Å². The predicted octanol–water partition coefficient (Wildman–Crippen LogP) is 3.37. The van der Waals surface area contributed by atoms with Crippen LogP contribution in [0.2, 0.25) is 0 Å². The molecule has 2 aliphatic heterocycles. The number of rotatable bonds is 3. The van der Waals surface area contributed by atoms with Crippen LogP contribution in [0.15, 0.2) is 40.3 Å². The number of phenolic OH excluding ortho intramolecular Hbond substituents is 1. The van der Waals surface area contributed by atoms with Gasteiger partial charge in [-0.15, -0.1) is 0 Å². The molecule has 3 heteroatoms. The molecular weight excluding hydrogens is 320 g/mol. The lowest BCUT2D eigenvalue weighted by Crippen LogP contribution is -2.28. The van der Waals surface area contributed by atoms with Crippen LogP contribution < -0.4 is 10.6 Å². The normalized spacial score (nSPS) is 18.4. The van der Waals surface area contributed by atoms with E-state index in [4.69, 9.17) is 9.98 Å². The quantitative estimate of drug-likeness (QED) is 0.910. The second-order valence-electron chi connectivity index (χ2n) is 7.86. The van der Waals surface area contributed by atoms with Crippen molar-refractivity contribution in [2.75, 3.05) is 6.54 Å². The number of fused-ring (bicyclic) bond motifs is 2. The summed E-state index contributed by atoms with van der Waals surface area (Å²) in [6, 6.07) is 10.7. The minimum absolute atomic E-state index is 0.0739. The summed E-state index contributed by atoms with van der Waals surface area (Å²) in [6.45, 7) is 9.25. The molecule has 0 spiro atoms. The Kier molecular flexibility index (Phi) is 4.18. The third-order valence-corrected chi connectivity index (χ3v) is 5.66. The van der Waals surface area contributed by atoms with E-state index in [2.05, 4.69) is 45.0 Å². The van der Waals surface area contributed by atoms with Crippen molar-refractivity contribution in [1.82, 2.24) is 0 Å². The fourth-order valence-corrected chi connectivity index (χ4v) is 3.98. The topological polar surface area (TPSA) is 45.0 Å². The van der Waals surface area contributed by atoms with E-state index in [-0.39, 0.29) is 6.04 Å². The third-order valence-electron chi connectivity index (χ3n) is 5.66. The molecule has 0 amide bonds. The SMILES string of the molecule is Cc1ccc2c(c1)=NC1C(Cc3cc(C(C)C)cc(O)c3C)=NCCC=21. The highest BCUT2D eigenvalue weighted by atomic mass is 16.3. The number of hydrogen-bond donors (Lipinski definition) is 1. The summed E-state index contributed by atoms with van der Waals surface area (Å²) >= 11 is 0. The molecule has 0 bridgehead atoms. The highest BCUT2D eigenvalue weighted by Gasteiger charge is 2.28. The molecule has 0 saturated heterocycles. The van der Waals surface area contributed by atoms with Gasteiger partial charge in [-0.25, -0.2) is 0 Å². The summed E-state index contributed by atoms with van der Waals surface area (Å²) in [5.74, 6) is 0.771. The molecule has 2 aromatic carbocycles. The number of phenols is 1. The summed E-state index contributed by atoms with van der Waals surface area (Å²) in [4.78, 5) is 9.83. The molecule has 4 rings (SSSR count). The molecule has 0 aliphatic carbocycles. The minimum atomic E-state index is 0.0739. The molecule has 3 nitrogen and oxygen atoms in total. The van der Waals surface area contributed by atoms with Crippen molar-refractivity contribution >= 4 is 11.3 Å². The van der Waals surface area contributed by atoms with Crippen LogP contribution in [0.25, 0.3) is 5.57 Å². The van der Waals surface area contributed by atoms with E-state index in [0.29, 0.717) is 11.7 Å². The Labute approximate surface area is 154 Å². The van der Waals surface area contributed by atoms with Crippen molar-refractivity contribution in [2.24, 2.45) is 9.98 Å². The average molecular weight is 346 g/mol. The van der Waals surface area contributed by atoms with Gasteiger partial charge in [0.1, 0.15) is 11.8 Å². The molecule has 134 valence electrons. The first-order chi connectivity index (χ1) is 12.4. The first kappa shape index (κ1) is 17.0.